The number of hydrogen-bond donors (Lipinski definition) is 2. The Balaban J connectivity index is 0.00000210. The van der Waals surface area contributed by atoms with E-state index in [0.29, 0.717) is 12.2 Å². The number of nitrogens with one attached hydrogen (secondary N) is 1. The molecule has 142 valence electrons. The van der Waals surface area contributed by atoms with Crippen LogP contribution in [0.2, 0.25) is 0 Å². The van der Waals surface area contributed by atoms with Crippen molar-refractivity contribution in [2.24, 2.45) is 5.73 Å². The summed E-state index contributed by atoms with van der Waals surface area (Å²) in [7, 11) is 0. The van der Waals surface area contributed by atoms with Crippen LogP contribution in [0.25, 0.3) is 16.3 Å². The molecule has 6 nitrogen and oxygen atoms in total. The van der Waals surface area contributed by atoms with Crippen LogP contribution in [0, 0.1) is 0 Å². The third kappa shape index (κ3) is 4.05. The maximum Gasteiger partial charge on any atom is 0.271 e. The zero-order chi connectivity index (χ0) is 18.0. The Morgan fingerprint density at radius 2 is 2.00 bits per heavy atom. The molecule has 1 amide bonds. The first kappa shape index (κ1) is 19.5. The summed E-state index contributed by atoms with van der Waals surface area (Å²) in [6, 6.07) is 9.90. The monoisotopic (exact) mass is 403 g/mol. The fourth-order valence-electron chi connectivity index (χ4n) is 3.40. The molecule has 3 N–H and O–H groups in total. The summed E-state index contributed by atoms with van der Waals surface area (Å²) in [6.07, 6.45) is 7.79. The summed E-state index contributed by atoms with van der Waals surface area (Å²) in [6.45, 7) is 0.472. The summed E-state index contributed by atoms with van der Waals surface area (Å²) in [4.78, 5) is 17.1. The van der Waals surface area contributed by atoms with Gasteiger partial charge in [0.05, 0.1) is 17.4 Å². The molecule has 0 bridgehead atoms. The average Bonchev–Trinajstić information content (AvgIpc) is 3.42. The Morgan fingerprint density at radius 1 is 1.26 bits per heavy atom. The summed E-state index contributed by atoms with van der Waals surface area (Å²) in [5.74, 6) is -0.143. The van der Waals surface area contributed by atoms with E-state index in [1.807, 2.05) is 36.5 Å². The molecule has 1 aliphatic carbocycles. The topological polar surface area (TPSA) is 85.8 Å². The van der Waals surface area contributed by atoms with Crippen molar-refractivity contribution in [1.29, 1.82) is 0 Å². The Morgan fingerprint density at radius 3 is 2.70 bits per heavy atom. The summed E-state index contributed by atoms with van der Waals surface area (Å²) in [5.41, 5.74) is 7.96. The molecule has 2 heterocycles. The largest absolute Gasteiger partial charge is 0.344 e. The third-order valence-corrected chi connectivity index (χ3v) is 5.81. The van der Waals surface area contributed by atoms with Gasteiger partial charge in [-0.2, -0.15) is 5.10 Å². The Hall–Kier alpha value is -2.22. The molecule has 1 fully saturated rings. The highest BCUT2D eigenvalue weighted by Gasteiger charge is 2.34. The SMILES string of the molecule is Cl.NCC1(NC(=O)c2csc(-c3cnn(-c4ccccc4)c3)n2)CCCC1. The number of amides is 1. The lowest BCUT2D eigenvalue weighted by atomic mass is 9.98. The zero-order valence-electron chi connectivity index (χ0n) is 14.8. The summed E-state index contributed by atoms with van der Waals surface area (Å²) >= 11 is 1.45. The normalized spacial score (nSPS) is 15.3. The molecular weight excluding hydrogens is 382 g/mol. The van der Waals surface area contributed by atoms with Gasteiger partial charge in [0.2, 0.25) is 0 Å². The van der Waals surface area contributed by atoms with Gasteiger partial charge in [-0.3, -0.25) is 4.79 Å². The quantitative estimate of drug-likeness (QED) is 0.683. The molecule has 0 radical (unpaired) electrons. The van der Waals surface area contributed by atoms with Crippen molar-refractivity contribution in [3.63, 3.8) is 0 Å². The second kappa shape index (κ2) is 8.21. The van der Waals surface area contributed by atoms with Crippen molar-refractivity contribution in [2.75, 3.05) is 6.54 Å². The molecule has 0 atom stereocenters. The molecule has 2 aromatic heterocycles. The third-order valence-electron chi connectivity index (χ3n) is 4.92. The number of hydrogen-bond acceptors (Lipinski definition) is 5. The molecule has 0 unspecified atom stereocenters. The number of thiazole rings is 1. The van der Waals surface area contributed by atoms with Crippen LogP contribution in [0.3, 0.4) is 0 Å². The van der Waals surface area contributed by atoms with E-state index >= 15 is 0 Å². The lowest BCUT2D eigenvalue weighted by Crippen LogP contribution is -2.51. The molecule has 1 aromatic carbocycles. The lowest BCUT2D eigenvalue weighted by Gasteiger charge is -2.28. The summed E-state index contributed by atoms with van der Waals surface area (Å²) < 4.78 is 1.80. The maximum absolute atomic E-state index is 12.6. The van der Waals surface area contributed by atoms with E-state index in [1.165, 1.54) is 11.3 Å². The molecule has 3 aromatic rings. The van der Waals surface area contributed by atoms with E-state index in [4.69, 9.17) is 5.73 Å². The van der Waals surface area contributed by atoms with Crippen LogP contribution >= 0.6 is 23.7 Å². The van der Waals surface area contributed by atoms with E-state index < -0.39 is 0 Å². The van der Waals surface area contributed by atoms with Gasteiger partial charge in [-0.15, -0.1) is 23.7 Å². The van der Waals surface area contributed by atoms with Gasteiger partial charge in [0.15, 0.2) is 0 Å². The number of halogens is 1. The van der Waals surface area contributed by atoms with Crippen molar-refractivity contribution in [2.45, 2.75) is 31.2 Å². The Labute approximate surface area is 168 Å². The van der Waals surface area contributed by atoms with Crippen LogP contribution < -0.4 is 11.1 Å². The van der Waals surface area contributed by atoms with Gasteiger partial charge in [0.25, 0.3) is 5.91 Å². The number of nitrogens with two attached hydrogens (primary N) is 1. The minimum Gasteiger partial charge on any atom is -0.344 e. The fraction of sp³-hybridized carbons (Fsp3) is 0.316. The smallest absolute Gasteiger partial charge is 0.271 e. The van der Waals surface area contributed by atoms with Gasteiger partial charge in [-0.25, -0.2) is 9.67 Å². The van der Waals surface area contributed by atoms with Crippen LogP contribution in [0.5, 0.6) is 0 Å². The zero-order valence-corrected chi connectivity index (χ0v) is 16.4. The van der Waals surface area contributed by atoms with Crippen LogP contribution in [0.15, 0.2) is 48.1 Å². The number of nitrogens with zero attached hydrogens (tertiary/aromatic N) is 3. The van der Waals surface area contributed by atoms with Gasteiger partial charge >= 0.3 is 0 Å². The van der Waals surface area contributed by atoms with Gasteiger partial charge in [-0.1, -0.05) is 31.0 Å². The fourth-order valence-corrected chi connectivity index (χ4v) is 4.18. The number of rotatable bonds is 5. The maximum atomic E-state index is 12.6. The van der Waals surface area contributed by atoms with Crippen LogP contribution in [-0.4, -0.2) is 32.8 Å². The van der Waals surface area contributed by atoms with E-state index in [2.05, 4.69) is 15.4 Å². The molecule has 0 aliphatic heterocycles. The van der Waals surface area contributed by atoms with E-state index in [9.17, 15) is 4.79 Å². The van der Waals surface area contributed by atoms with Crippen molar-refractivity contribution in [1.82, 2.24) is 20.1 Å². The number of benzene rings is 1. The van der Waals surface area contributed by atoms with Crippen LogP contribution in [-0.2, 0) is 0 Å². The number of carbonyl (C=O) groups excluding carboxylic acids is 1. The van der Waals surface area contributed by atoms with Gasteiger partial charge < -0.3 is 11.1 Å². The minimum atomic E-state index is -0.265. The molecule has 27 heavy (non-hydrogen) atoms. The van der Waals surface area contributed by atoms with Crippen molar-refractivity contribution >= 4 is 29.7 Å². The highest BCUT2D eigenvalue weighted by Crippen LogP contribution is 2.29. The molecule has 4 rings (SSSR count). The molecule has 0 spiro atoms. The molecular formula is C19H22ClN5OS. The highest BCUT2D eigenvalue weighted by atomic mass is 35.5. The van der Waals surface area contributed by atoms with Gasteiger partial charge in [0.1, 0.15) is 10.7 Å². The number of carbonyl (C=O) groups is 1. The molecule has 1 aliphatic rings. The van der Waals surface area contributed by atoms with Crippen molar-refractivity contribution in [3.05, 3.63) is 53.8 Å². The van der Waals surface area contributed by atoms with Gasteiger partial charge in [0, 0.05) is 23.7 Å². The Bertz CT molecular complexity index is 902. The second-order valence-electron chi connectivity index (χ2n) is 6.69. The predicted molar refractivity (Wildman–Crippen MR) is 110 cm³/mol. The summed E-state index contributed by atoms with van der Waals surface area (Å²) in [5, 5.41) is 10.1. The van der Waals surface area contributed by atoms with Gasteiger partial charge in [-0.05, 0) is 25.0 Å². The lowest BCUT2D eigenvalue weighted by molar-refractivity contribution is 0.0898. The van der Waals surface area contributed by atoms with E-state index in [0.717, 1.165) is 41.9 Å². The second-order valence-corrected chi connectivity index (χ2v) is 7.55. The highest BCUT2D eigenvalue weighted by molar-refractivity contribution is 7.13. The first-order chi connectivity index (χ1) is 12.7. The molecule has 8 heteroatoms. The minimum absolute atomic E-state index is 0. The molecule has 1 saturated carbocycles. The van der Waals surface area contributed by atoms with E-state index in [1.54, 1.807) is 16.3 Å². The average molecular weight is 404 g/mol. The van der Waals surface area contributed by atoms with E-state index in [-0.39, 0.29) is 23.9 Å². The van der Waals surface area contributed by atoms with Crippen LogP contribution in [0.4, 0.5) is 0 Å². The molecule has 0 saturated heterocycles. The van der Waals surface area contributed by atoms with Crippen LogP contribution in [0.1, 0.15) is 36.2 Å². The first-order valence-corrected chi connectivity index (χ1v) is 9.66. The Kier molecular flexibility index (Phi) is 5.94. The standard InChI is InChI=1S/C19H21N5OS.ClH/c20-13-19(8-4-5-9-19)23-17(25)16-12-26-18(22-16)14-10-21-24(11-14)15-6-2-1-3-7-15;/h1-3,6-7,10-12H,4-5,8-9,13,20H2,(H,23,25);1H. The van der Waals surface area contributed by atoms with Crippen molar-refractivity contribution < 1.29 is 4.79 Å². The predicted octanol–water partition coefficient (Wildman–Crippen LogP) is 3.42. The van der Waals surface area contributed by atoms with Crippen molar-refractivity contribution in [3.8, 4) is 16.3 Å². The number of aromatic nitrogens is 3. The number of para-hydroxylation sites is 1. The first-order valence-electron chi connectivity index (χ1n) is 8.78.